The minimum atomic E-state index is 0.596. The Kier molecular flexibility index (Phi) is 2.68. The second-order valence-electron chi connectivity index (χ2n) is 3.29. The maximum Gasteiger partial charge on any atom is 0.224 e. The van der Waals surface area contributed by atoms with Crippen LogP contribution in [0, 0.1) is 0 Å². The Bertz CT molecular complexity index is 363. The minimum Gasteiger partial charge on any atom is -0.351 e. The Balaban J connectivity index is 2.27. The monoisotopic (exact) mass is 209 g/mol. The van der Waals surface area contributed by atoms with Crippen molar-refractivity contribution in [1.82, 2.24) is 9.97 Å². The zero-order valence-electron chi connectivity index (χ0n) is 7.89. The van der Waals surface area contributed by atoms with Crippen molar-refractivity contribution in [2.75, 3.05) is 11.9 Å². The molecule has 0 bridgehead atoms. The first-order valence-electron chi connectivity index (χ1n) is 4.71. The predicted molar refractivity (Wildman–Crippen MR) is 57.8 cm³/mol. The fourth-order valence-corrected chi connectivity index (χ4v) is 1.91. The maximum atomic E-state index is 6.04. The maximum absolute atomic E-state index is 6.04. The molecule has 3 nitrogen and oxygen atoms in total. The van der Waals surface area contributed by atoms with E-state index in [1.807, 2.05) is 0 Å². The van der Waals surface area contributed by atoms with E-state index in [2.05, 4.69) is 21.9 Å². The third-order valence-electron chi connectivity index (χ3n) is 2.29. The predicted octanol–water partition coefficient (Wildman–Crippen LogP) is 2.22. The molecule has 1 aromatic heterocycles. The quantitative estimate of drug-likeness (QED) is 0.613. The molecule has 0 fully saturated rings. The van der Waals surface area contributed by atoms with Crippen LogP contribution in [0.25, 0.3) is 0 Å². The molecule has 0 atom stereocenters. The van der Waals surface area contributed by atoms with Gasteiger partial charge in [-0.15, -0.1) is 6.58 Å². The summed E-state index contributed by atoms with van der Waals surface area (Å²) in [6.45, 7) is 4.28. The van der Waals surface area contributed by atoms with E-state index in [0.717, 1.165) is 30.5 Å². The van der Waals surface area contributed by atoms with Gasteiger partial charge in [0.05, 0.1) is 5.69 Å². The lowest BCUT2D eigenvalue weighted by Crippen LogP contribution is -2.05. The van der Waals surface area contributed by atoms with Gasteiger partial charge in [-0.2, -0.15) is 0 Å². The van der Waals surface area contributed by atoms with Crippen LogP contribution in [0.15, 0.2) is 12.7 Å². The summed E-state index contributed by atoms with van der Waals surface area (Å²) in [5, 5.41) is 3.64. The average Bonchev–Trinajstić information content (AvgIpc) is 2.63. The Labute approximate surface area is 88.2 Å². The molecular weight excluding hydrogens is 198 g/mol. The summed E-state index contributed by atoms with van der Waals surface area (Å²) in [4.78, 5) is 8.57. The van der Waals surface area contributed by atoms with Crippen molar-refractivity contribution in [3.8, 4) is 0 Å². The van der Waals surface area contributed by atoms with Gasteiger partial charge in [0.25, 0.3) is 0 Å². The number of nitrogens with zero attached hydrogens (tertiary/aromatic N) is 2. The number of fused-ring (bicyclic) bond motifs is 1. The van der Waals surface area contributed by atoms with Crippen molar-refractivity contribution >= 4 is 17.5 Å². The van der Waals surface area contributed by atoms with E-state index in [1.165, 1.54) is 0 Å². The van der Waals surface area contributed by atoms with E-state index in [9.17, 15) is 0 Å². The van der Waals surface area contributed by atoms with E-state index in [1.54, 1.807) is 6.08 Å². The molecule has 14 heavy (non-hydrogen) atoms. The van der Waals surface area contributed by atoms with Crippen molar-refractivity contribution < 1.29 is 0 Å². The van der Waals surface area contributed by atoms with Crippen LogP contribution in [0.5, 0.6) is 0 Å². The molecule has 0 spiro atoms. The molecule has 0 saturated carbocycles. The first-order valence-corrected chi connectivity index (χ1v) is 5.09. The first-order chi connectivity index (χ1) is 6.81. The number of aryl methyl sites for hydroxylation is 1. The zero-order valence-corrected chi connectivity index (χ0v) is 8.64. The van der Waals surface area contributed by atoms with Gasteiger partial charge in [0.1, 0.15) is 5.15 Å². The number of hydrogen-bond acceptors (Lipinski definition) is 3. The van der Waals surface area contributed by atoms with Crippen molar-refractivity contribution in [3.63, 3.8) is 0 Å². The summed E-state index contributed by atoms with van der Waals surface area (Å²) in [7, 11) is 0. The Hall–Kier alpha value is -1.09. The smallest absolute Gasteiger partial charge is 0.224 e. The molecule has 74 valence electrons. The van der Waals surface area contributed by atoms with Crippen LogP contribution in [0.4, 0.5) is 5.95 Å². The van der Waals surface area contributed by atoms with E-state index in [4.69, 9.17) is 11.6 Å². The van der Waals surface area contributed by atoms with Crippen LogP contribution >= 0.6 is 11.6 Å². The minimum absolute atomic E-state index is 0.596. The van der Waals surface area contributed by atoms with Gasteiger partial charge < -0.3 is 5.32 Å². The fraction of sp³-hybridized carbons (Fsp3) is 0.400. The van der Waals surface area contributed by atoms with E-state index in [0.29, 0.717) is 17.6 Å². The van der Waals surface area contributed by atoms with Gasteiger partial charge in [0, 0.05) is 12.1 Å². The molecule has 0 amide bonds. The van der Waals surface area contributed by atoms with Crippen LogP contribution in [-0.2, 0) is 12.8 Å². The number of halogens is 1. The summed E-state index contributed by atoms with van der Waals surface area (Å²) in [5.41, 5.74) is 2.22. The molecule has 0 aromatic carbocycles. The van der Waals surface area contributed by atoms with Gasteiger partial charge in [-0.05, 0) is 19.3 Å². The molecule has 0 saturated heterocycles. The highest BCUT2D eigenvalue weighted by Gasteiger charge is 2.17. The number of nitrogens with one attached hydrogen (secondary N) is 1. The average molecular weight is 210 g/mol. The fourth-order valence-electron chi connectivity index (χ4n) is 1.63. The second-order valence-corrected chi connectivity index (χ2v) is 3.64. The third-order valence-corrected chi connectivity index (χ3v) is 2.60. The van der Waals surface area contributed by atoms with E-state index in [-0.39, 0.29) is 0 Å². The van der Waals surface area contributed by atoms with Crippen molar-refractivity contribution in [2.45, 2.75) is 19.3 Å². The first kappa shape index (κ1) is 9.46. The molecule has 1 aliphatic carbocycles. The lowest BCUT2D eigenvalue weighted by molar-refractivity contribution is 0.899. The van der Waals surface area contributed by atoms with Gasteiger partial charge in [-0.1, -0.05) is 17.7 Å². The highest BCUT2D eigenvalue weighted by molar-refractivity contribution is 6.30. The number of rotatable bonds is 3. The third kappa shape index (κ3) is 1.73. The summed E-state index contributed by atoms with van der Waals surface area (Å²) in [6, 6.07) is 0. The number of aromatic nitrogens is 2. The molecule has 0 radical (unpaired) electrons. The summed E-state index contributed by atoms with van der Waals surface area (Å²) in [6.07, 6.45) is 4.93. The van der Waals surface area contributed by atoms with Crippen LogP contribution in [0.3, 0.4) is 0 Å². The van der Waals surface area contributed by atoms with Crippen LogP contribution in [0.2, 0.25) is 5.15 Å². The normalized spacial score (nSPS) is 13.8. The Morgan fingerprint density at radius 2 is 2.29 bits per heavy atom. The topological polar surface area (TPSA) is 37.8 Å². The van der Waals surface area contributed by atoms with Gasteiger partial charge in [-0.25, -0.2) is 9.97 Å². The largest absolute Gasteiger partial charge is 0.351 e. The molecule has 1 N–H and O–H groups in total. The second kappa shape index (κ2) is 3.96. The van der Waals surface area contributed by atoms with E-state index < -0.39 is 0 Å². The Morgan fingerprint density at radius 3 is 3.07 bits per heavy atom. The Morgan fingerprint density at radius 1 is 1.43 bits per heavy atom. The summed E-state index contributed by atoms with van der Waals surface area (Å²) < 4.78 is 0. The number of hydrogen-bond donors (Lipinski definition) is 1. The van der Waals surface area contributed by atoms with Crippen molar-refractivity contribution in [1.29, 1.82) is 0 Å². The highest BCUT2D eigenvalue weighted by atomic mass is 35.5. The van der Waals surface area contributed by atoms with Gasteiger partial charge in [0.2, 0.25) is 5.95 Å². The van der Waals surface area contributed by atoms with Crippen LogP contribution in [0.1, 0.15) is 17.7 Å². The molecule has 1 aliphatic rings. The molecule has 0 aliphatic heterocycles. The highest BCUT2D eigenvalue weighted by Crippen LogP contribution is 2.26. The molecular formula is C10H12ClN3. The van der Waals surface area contributed by atoms with Crippen molar-refractivity contribution in [3.05, 3.63) is 29.1 Å². The number of anilines is 1. The van der Waals surface area contributed by atoms with Gasteiger partial charge in [-0.3, -0.25) is 0 Å². The standard InChI is InChI=1S/C10H12ClN3/c1-2-6-12-10-13-8-5-3-4-7(8)9(11)14-10/h2H,1,3-6H2,(H,12,13,14). The molecule has 1 aromatic rings. The lowest BCUT2D eigenvalue weighted by atomic mass is 10.3. The molecule has 1 heterocycles. The van der Waals surface area contributed by atoms with Gasteiger partial charge in [0.15, 0.2) is 0 Å². The van der Waals surface area contributed by atoms with Crippen LogP contribution in [-0.4, -0.2) is 16.5 Å². The summed E-state index contributed by atoms with van der Waals surface area (Å²) in [5.74, 6) is 0.607. The molecule has 0 unspecified atom stereocenters. The van der Waals surface area contributed by atoms with Crippen LogP contribution < -0.4 is 5.32 Å². The molecule has 2 rings (SSSR count). The lowest BCUT2D eigenvalue weighted by Gasteiger charge is -2.05. The molecule has 4 heteroatoms. The van der Waals surface area contributed by atoms with E-state index >= 15 is 0 Å². The SMILES string of the molecule is C=CCNc1nc(Cl)c2c(n1)CCC2. The van der Waals surface area contributed by atoms with Gasteiger partial charge >= 0.3 is 0 Å². The van der Waals surface area contributed by atoms with Crippen molar-refractivity contribution in [2.24, 2.45) is 0 Å². The zero-order chi connectivity index (χ0) is 9.97. The summed E-state index contributed by atoms with van der Waals surface area (Å²) >= 11 is 6.04.